The van der Waals surface area contributed by atoms with Crippen LogP contribution in [0, 0.1) is 6.92 Å². The van der Waals surface area contributed by atoms with Crippen LogP contribution in [-0.2, 0) is 4.79 Å². The molecule has 0 aliphatic carbocycles. The summed E-state index contributed by atoms with van der Waals surface area (Å²) in [7, 11) is 0. The van der Waals surface area contributed by atoms with Crippen LogP contribution in [0.3, 0.4) is 0 Å². The van der Waals surface area contributed by atoms with E-state index < -0.39 is 5.51 Å². The van der Waals surface area contributed by atoms with Gasteiger partial charge < -0.3 is 5.32 Å². The molecular weight excluding hydrogens is 443 g/mol. The van der Waals surface area contributed by atoms with E-state index in [1.807, 2.05) is 0 Å². The van der Waals surface area contributed by atoms with Gasteiger partial charge in [0, 0.05) is 35.8 Å². The fraction of sp³-hybridized carbons (Fsp3) is 0.150. The second kappa shape index (κ2) is 8.46. The van der Waals surface area contributed by atoms with Crippen molar-refractivity contribution in [2.45, 2.75) is 24.3 Å². The van der Waals surface area contributed by atoms with E-state index >= 15 is 0 Å². The number of benzene rings is 1. The number of hydrogen-bond donors (Lipinski definition) is 2. The molecule has 1 aromatic carbocycles. The van der Waals surface area contributed by atoms with Gasteiger partial charge in [-0.2, -0.15) is 23.4 Å². The first kappa shape index (κ1) is 21.6. The van der Waals surface area contributed by atoms with E-state index in [9.17, 15) is 18.0 Å². The topological polar surface area (TPSA) is 101 Å². The third kappa shape index (κ3) is 4.64. The van der Waals surface area contributed by atoms with Crippen LogP contribution in [0.25, 0.3) is 28.3 Å². The minimum Gasteiger partial charge on any atom is -0.311 e. The summed E-state index contributed by atoms with van der Waals surface area (Å²) in [5, 5.41) is 13.9. The molecule has 0 spiro atoms. The zero-order valence-electron chi connectivity index (χ0n) is 16.8. The number of hydrogen-bond acceptors (Lipinski definition) is 6. The lowest BCUT2D eigenvalue weighted by atomic mass is 10.1. The Hall–Kier alpha value is -3.67. The molecule has 4 aromatic rings. The Morgan fingerprint density at radius 1 is 1.19 bits per heavy atom. The summed E-state index contributed by atoms with van der Waals surface area (Å²) in [6.45, 7) is 3.17. The van der Waals surface area contributed by atoms with Crippen LogP contribution in [0.5, 0.6) is 0 Å². The molecule has 0 saturated carbocycles. The molecule has 0 unspecified atom stereocenters. The number of H-pyrrole nitrogens is 1. The lowest BCUT2D eigenvalue weighted by molar-refractivity contribution is -0.114. The maximum Gasteiger partial charge on any atom is 0.446 e. The molecule has 0 atom stereocenters. The highest BCUT2D eigenvalue weighted by atomic mass is 32.2. The van der Waals surface area contributed by atoms with Crippen LogP contribution in [0.15, 0.2) is 53.9 Å². The molecule has 32 heavy (non-hydrogen) atoms. The molecule has 0 fully saturated rings. The van der Waals surface area contributed by atoms with Crippen molar-refractivity contribution >= 4 is 23.5 Å². The van der Waals surface area contributed by atoms with Gasteiger partial charge >= 0.3 is 5.51 Å². The van der Waals surface area contributed by atoms with Crippen molar-refractivity contribution in [1.29, 1.82) is 0 Å². The predicted octanol–water partition coefficient (Wildman–Crippen LogP) is 4.60. The molecule has 4 rings (SSSR count). The number of thioether (sulfide) groups is 1. The smallest absolute Gasteiger partial charge is 0.311 e. The second-order valence-corrected chi connectivity index (χ2v) is 7.85. The van der Waals surface area contributed by atoms with Crippen LogP contribution < -0.4 is 5.32 Å². The molecule has 3 aromatic heterocycles. The van der Waals surface area contributed by atoms with Crippen molar-refractivity contribution in [3.63, 3.8) is 0 Å². The number of alkyl halides is 3. The van der Waals surface area contributed by atoms with E-state index in [0.29, 0.717) is 22.6 Å². The van der Waals surface area contributed by atoms with E-state index in [0.717, 1.165) is 5.56 Å². The van der Waals surface area contributed by atoms with Gasteiger partial charge in [-0.1, -0.05) is 18.2 Å². The molecule has 0 bridgehead atoms. The first-order chi connectivity index (χ1) is 15.2. The lowest BCUT2D eigenvalue weighted by Gasteiger charge is -2.10. The molecule has 0 aliphatic rings. The number of halogens is 3. The Balaban J connectivity index is 1.89. The summed E-state index contributed by atoms with van der Waals surface area (Å²) in [4.78, 5) is 19.7. The molecule has 0 aliphatic heterocycles. The predicted molar refractivity (Wildman–Crippen MR) is 113 cm³/mol. The minimum atomic E-state index is -4.46. The molecule has 3 heterocycles. The molecule has 164 valence electrons. The summed E-state index contributed by atoms with van der Waals surface area (Å²) >= 11 is -0.210. The molecule has 12 heteroatoms. The third-order valence-electron chi connectivity index (χ3n) is 4.36. The van der Waals surface area contributed by atoms with Crippen molar-refractivity contribution in [3.8, 4) is 28.3 Å². The number of amides is 1. The van der Waals surface area contributed by atoms with Gasteiger partial charge in [-0.25, -0.2) is 14.6 Å². The molecule has 0 radical (unpaired) electrons. The van der Waals surface area contributed by atoms with Crippen LogP contribution in [0.4, 0.5) is 19.0 Å². The zero-order chi connectivity index (χ0) is 22.9. The van der Waals surface area contributed by atoms with Gasteiger partial charge in [-0.15, -0.1) is 0 Å². The van der Waals surface area contributed by atoms with Gasteiger partial charge in [-0.05, 0) is 30.3 Å². The number of aromatic amines is 1. The molecule has 1 amide bonds. The summed E-state index contributed by atoms with van der Waals surface area (Å²) in [5.74, 6) is 0.322. The van der Waals surface area contributed by atoms with E-state index in [1.54, 1.807) is 37.5 Å². The van der Waals surface area contributed by atoms with Crippen molar-refractivity contribution in [2.75, 3.05) is 5.32 Å². The number of pyridine rings is 1. The molecule has 0 saturated heterocycles. The van der Waals surface area contributed by atoms with Crippen molar-refractivity contribution in [3.05, 3.63) is 54.6 Å². The van der Waals surface area contributed by atoms with E-state index in [-0.39, 0.29) is 34.1 Å². The highest BCUT2D eigenvalue weighted by Gasteiger charge is 2.31. The van der Waals surface area contributed by atoms with Gasteiger partial charge in [0.2, 0.25) is 5.91 Å². The van der Waals surface area contributed by atoms with Crippen LogP contribution in [0.2, 0.25) is 0 Å². The standard InChI is InChI=1S/C20H16F3N7OS/c1-11-8-24-17(27-12(2)31)7-15(11)30-9-14(19-25-10-26-28-19)18(29-30)13-5-3-4-6-16(13)32-20(21,22)23/h3-10H,1-2H3,(H,24,27,31)(H,25,26,28). The summed E-state index contributed by atoms with van der Waals surface area (Å²) in [5.41, 5.74) is -2.10. The highest BCUT2D eigenvalue weighted by molar-refractivity contribution is 8.00. The number of nitrogens with zero attached hydrogens (tertiary/aromatic N) is 5. The van der Waals surface area contributed by atoms with E-state index in [2.05, 4.69) is 30.6 Å². The normalized spacial score (nSPS) is 11.5. The molecule has 8 nitrogen and oxygen atoms in total. The number of carbonyl (C=O) groups excluding carboxylic acids is 1. The average molecular weight is 459 g/mol. The largest absolute Gasteiger partial charge is 0.446 e. The number of nitrogens with one attached hydrogen (secondary N) is 2. The number of rotatable bonds is 5. The van der Waals surface area contributed by atoms with Crippen molar-refractivity contribution in [2.24, 2.45) is 0 Å². The van der Waals surface area contributed by atoms with Gasteiger partial charge in [0.15, 0.2) is 5.82 Å². The maximum absolute atomic E-state index is 13.1. The minimum absolute atomic E-state index is 0.00687. The third-order valence-corrected chi connectivity index (χ3v) is 5.17. The first-order valence-corrected chi connectivity index (χ1v) is 10.1. The number of anilines is 1. The van der Waals surface area contributed by atoms with E-state index in [1.165, 1.54) is 30.1 Å². The van der Waals surface area contributed by atoms with Crippen molar-refractivity contribution in [1.82, 2.24) is 29.9 Å². The van der Waals surface area contributed by atoms with Gasteiger partial charge in [0.1, 0.15) is 17.8 Å². The zero-order valence-corrected chi connectivity index (χ0v) is 17.6. The van der Waals surface area contributed by atoms with E-state index in [4.69, 9.17) is 0 Å². The SMILES string of the molecule is CC(=O)Nc1cc(-n2cc(-c3nc[nH]n3)c(-c3ccccc3SC(F)(F)F)n2)c(C)cn1. The van der Waals surface area contributed by atoms with Crippen LogP contribution in [-0.4, -0.2) is 41.4 Å². The number of aromatic nitrogens is 6. The Morgan fingerprint density at radius 2 is 1.97 bits per heavy atom. The van der Waals surface area contributed by atoms with Crippen LogP contribution >= 0.6 is 11.8 Å². The second-order valence-electron chi connectivity index (χ2n) is 6.74. The van der Waals surface area contributed by atoms with Gasteiger partial charge in [0.25, 0.3) is 0 Å². The average Bonchev–Trinajstić information content (AvgIpc) is 3.38. The Morgan fingerprint density at radius 3 is 2.66 bits per heavy atom. The number of carbonyl (C=O) groups is 1. The Labute approximate surface area is 184 Å². The quantitative estimate of drug-likeness (QED) is 0.423. The summed E-state index contributed by atoms with van der Waals surface area (Å²) < 4.78 is 41.0. The highest BCUT2D eigenvalue weighted by Crippen LogP contribution is 2.43. The summed E-state index contributed by atoms with van der Waals surface area (Å²) in [6, 6.07) is 7.77. The Kier molecular flexibility index (Phi) is 5.70. The Bertz CT molecular complexity index is 1270. The number of aryl methyl sites for hydroxylation is 1. The van der Waals surface area contributed by atoms with Gasteiger partial charge in [-0.3, -0.25) is 9.89 Å². The molecular formula is C20H16F3N7OS. The van der Waals surface area contributed by atoms with Crippen molar-refractivity contribution < 1.29 is 18.0 Å². The first-order valence-electron chi connectivity index (χ1n) is 9.27. The van der Waals surface area contributed by atoms with Gasteiger partial charge in [0.05, 0.1) is 11.3 Å². The fourth-order valence-electron chi connectivity index (χ4n) is 3.08. The molecule has 2 N–H and O–H groups in total. The monoisotopic (exact) mass is 459 g/mol. The fourth-order valence-corrected chi connectivity index (χ4v) is 3.75. The summed E-state index contributed by atoms with van der Waals surface area (Å²) in [6.07, 6.45) is 4.58. The maximum atomic E-state index is 13.1. The van der Waals surface area contributed by atoms with Crippen LogP contribution in [0.1, 0.15) is 12.5 Å². The lowest BCUT2D eigenvalue weighted by Crippen LogP contribution is -2.09.